The zero-order valence-corrected chi connectivity index (χ0v) is 13.7. The minimum atomic E-state index is 0.307. The summed E-state index contributed by atoms with van der Waals surface area (Å²) in [7, 11) is 0. The monoisotopic (exact) mass is 279 g/mol. The molecule has 3 atom stereocenters. The van der Waals surface area contributed by atoms with Crippen molar-refractivity contribution in [3.05, 3.63) is 0 Å². The lowest BCUT2D eigenvalue weighted by Crippen LogP contribution is -2.45. The smallest absolute Gasteiger partial charge is 0.220 e. The van der Waals surface area contributed by atoms with E-state index in [1.54, 1.807) is 0 Å². The van der Waals surface area contributed by atoms with Crippen molar-refractivity contribution in [2.24, 2.45) is 23.7 Å². The average molecular weight is 279 g/mol. The Kier molecular flexibility index (Phi) is 5.92. The number of carbonyl (C=O) groups is 1. The molecule has 0 aromatic rings. The Bertz CT molecular complexity index is 307. The molecule has 2 heteroatoms. The molecule has 0 bridgehead atoms. The fourth-order valence-corrected chi connectivity index (χ4v) is 4.28. The summed E-state index contributed by atoms with van der Waals surface area (Å²) in [6.07, 6.45) is 11.1. The second-order valence-electron chi connectivity index (χ2n) is 7.69. The van der Waals surface area contributed by atoms with Crippen LogP contribution in [0.1, 0.15) is 78.6 Å². The van der Waals surface area contributed by atoms with Crippen molar-refractivity contribution in [3.63, 3.8) is 0 Å². The minimum Gasteiger partial charge on any atom is -0.353 e. The summed E-state index contributed by atoms with van der Waals surface area (Å²) in [5.74, 6) is 3.27. The second kappa shape index (κ2) is 7.47. The molecule has 0 spiro atoms. The van der Waals surface area contributed by atoms with Crippen molar-refractivity contribution in [2.45, 2.75) is 84.6 Å². The molecule has 2 saturated carbocycles. The molecule has 2 nitrogen and oxygen atoms in total. The maximum atomic E-state index is 12.2. The Labute approximate surface area is 125 Å². The van der Waals surface area contributed by atoms with Crippen LogP contribution in [0, 0.1) is 23.7 Å². The molecule has 0 unspecified atom stereocenters. The first-order chi connectivity index (χ1) is 9.56. The molecule has 2 rings (SSSR count). The van der Waals surface area contributed by atoms with Gasteiger partial charge in [0.15, 0.2) is 0 Å². The van der Waals surface area contributed by atoms with Crippen LogP contribution in [0.5, 0.6) is 0 Å². The van der Waals surface area contributed by atoms with Crippen molar-refractivity contribution in [2.75, 3.05) is 0 Å². The quantitative estimate of drug-likeness (QED) is 0.787. The number of amides is 1. The highest BCUT2D eigenvalue weighted by molar-refractivity contribution is 5.76. The van der Waals surface area contributed by atoms with Gasteiger partial charge in [-0.25, -0.2) is 0 Å². The Balaban J connectivity index is 1.77. The zero-order valence-electron chi connectivity index (χ0n) is 13.7. The number of hydrogen-bond donors (Lipinski definition) is 1. The van der Waals surface area contributed by atoms with E-state index in [2.05, 4.69) is 26.1 Å². The third kappa shape index (κ3) is 4.49. The summed E-state index contributed by atoms with van der Waals surface area (Å²) in [4.78, 5) is 12.2. The van der Waals surface area contributed by atoms with E-state index in [1.807, 2.05) is 0 Å². The van der Waals surface area contributed by atoms with Crippen molar-refractivity contribution < 1.29 is 4.79 Å². The highest BCUT2D eigenvalue weighted by Crippen LogP contribution is 2.34. The van der Waals surface area contributed by atoms with Crippen LogP contribution in [0.15, 0.2) is 0 Å². The maximum absolute atomic E-state index is 12.2. The highest BCUT2D eigenvalue weighted by atomic mass is 16.1. The van der Waals surface area contributed by atoms with E-state index in [1.165, 1.54) is 44.9 Å². The van der Waals surface area contributed by atoms with Gasteiger partial charge in [-0.05, 0) is 42.9 Å². The maximum Gasteiger partial charge on any atom is 0.220 e. The standard InChI is InChI=1S/C18H33NO/c1-13(2)16-10-8-14(3)12-17(16)19-18(20)11-9-15-6-4-5-7-15/h13-17H,4-12H2,1-3H3,(H,19,20)/t14-,16+,17-/m1/s1. The first-order valence-electron chi connectivity index (χ1n) is 8.85. The summed E-state index contributed by atoms with van der Waals surface area (Å²) < 4.78 is 0. The van der Waals surface area contributed by atoms with Gasteiger partial charge in [-0.15, -0.1) is 0 Å². The van der Waals surface area contributed by atoms with Gasteiger partial charge in [-0.3, -0.25) is 4.79 Å². The molecule has 2 aliphatic carbocycles. The fraction of sp³-hybridized carbons (Fsp3) is 0.944. The average Bonchev–Trinajstić information content (AvgIpc) is 2.89. The Morgan fingerprint density at radius 1 is 1.15 bits per heavy atom. The molecule has 0 radical (unpaired) electrons. The number of carbonyl (C=O) groups excluding carboxylic acids is 1. The first-order valence-corrected chi connectivity index (χ1v) is 8.85. The molecule has 20 heavy (non-hydrogen) atoms. The van der Waals surface area contributed by atoms with Crippen LogP contribution >= 0.6 is 0 Å². The number of rotatable bonds is 5. The number of nitrogens with one attached hydrogen (secondary N) is 1. The van der Waals surface area contributed by atoms with Crippen molar-refractivity contribution in [1.82, 2.24) is 5.32 Å². The van der Waals surface area contributed by atoms with E-state index >= 15 is 0 Å². The van der Waals surface area contributed by atoms with Gasteiger partial charge in [0.1, 0.15) is 0 Å². The second-order valence-corrected chi connectivity index (χ2v) is 7.69. The van der Waals surface area contributed by atoms with Gasteiger partial charge in [-0.2, -0.15) is 0 Å². The van der Waals surface area contributed by atoms with Crippen LogP contribution in [0.25, 0.3) is 0 Å². The van der Waals surface area contributed by atoms with Gasteiger partial charge in [-0.1, -0.05) is 52.9 Å². The minimum absolute atomic E-state index is 0.307. The lowest BCUT2D eigenvalue weighted by Gasteiger charge is -2.37. The van der Waals surface area contributed by atoms with E-state index in [4.69, 9.17) is 0 Å². The molecular formula is C18H33NO. The van der Waals surface area contributed by atoms with E-state index < -0.39 is 0 Å². The van der Waals surface area contributed by atoms with Gasteiger partial charge < -0.3 is 5.32 Å². The first kappa shape index (κ1) is 15.9. The molecule has 116 valence electrons. The molecule has 1 amide bonds. The Hall–Kier alpha value is -0.530. The lowest BCUT2D eigenvalue weighted by molar-refractivity contribution is -0.123. The van der Waals surface area contributed by atoms with E-state index in [0.29, 0.717) is 23.8 Å². The summed E-state index contributed by atoms with van der Waals surface area (Å²) in [6, 6.07) is 0.426. The van der Waals surface area contributed by atoms with Gasteiger partial charge in [0.05, 0.1) is 0 Å². The fourth-order valence-electron chi connectivity index (χ4n) is 4.28. The van der Waals surface area contributed by atoms with E-state index in [-0.39, 0.29) is 0 Å². The third-order valence-electron chi connectivity index (χ3n) is 5.62. The predicted molar refractivity (Wildman–Crippen MR) is 84.5 cm³/mol. The van der Waals surface area contributed by atoms with Crippen LogP contribution in [0.4, 0.5) is 0 Å². The zero-order chi connectivity index (χ0) is 14.5. The molecule has 2 aliphatic rings. The predicted octanol–water partition coefficient (Wildman–Crippen LogP) is 4.53. The lowest BCUT2D eigenvalue weighted by atomic mass is 9.74. The molecule has 1 N–H and O–H groups in total. The van der Waals surface area contributed by atoms with Gasteiger partial charge in [0.2, 0.25) is 5.91 Å². The third-order valence-corrected chi connectivity index (χ3v) is 5.62. The summed E-state index contributed by atoms with van der Waals surface area (Å²) in [5, 5.41) is 3.37. The SMILES string of the molecule is CC(C)[C@@H]1CC[C@@H](C)C[C@H]1NC(=O)CCC1CCCC1. The van der Waals surface area contributed by atoms with Crippen LogP contribution in [-0.4, -0.2) is 11.9 Å². The van der Waals surface area contributed by atoms with E-state index in [0.717, 1.165) is 24.7 Å². The van der Waals surface area contributed by atoms with Crippen molar-refractivity contribution in [1.29, 1.82) is 0 Å². The number of hydrogen-bond acceptors (Lipinski definition) is 1. The van der Waals surface area contributed by atoms with Crippen LogP contribution in [0.2, 0.25) is 0 Å². The van der Waals surface area contributed by atoms with Crippen LogP contribution in [-0.2, 0) is 4.79 Å². The summed E-state index contributed by atoms with van der Waals surface area (Å²) in [5.41, 5.74) is 0. The molecule has 0 saturated heterocycles. The normalized spacial score (nSPS) is 31.7. The topological polar surface area (TPSA) is 29.1 Å². The van der Waals surface area contributed by atoms with Crippen molar-refractivity contribution in [3.8, 4) is 0 Å². The molecule has 0 aliphatic heterocycles. The van der Waals surface area contributed by atoms with Crippen molar-refractivity contribution >= 4 is 5.91 Å². The van der Waals surface area contributed by atoms with Crippen LogP contribution in [0.3, 0.4) is 0 Å². The Morgan fingerprint density at radius 3 is 2.50 bits per heavy atom. The van der Waals surface area contributed by atoms with Gasteiger partial charge in [0, 0.05) is 12.5 Å². The molecule has 0 aromatic heterocycles. The molecule has 2 fully saturated rings. The Morgan fingerprint density at radius 2 is 1.85 bits per heavy atom. The largest absolute Gasteiger partial charge is 0.353 e. The van der Waals surface area contributed by atoms with Crippen LogP contribution < -0.4 is 5.32 Å². The van der Waals surface area contributed by atoms with E-state index in [9.17, 15) is 4.79 Å². The highest BCUT2D eigenvalue weighted by Gasteiger charge is 2.31. The summed E-state index contributed by atoms with van der Waals surface area (Å²) >= 11 is 0. The van der Waals surface area contributed by atoms with Gasteiger partial charge >= 0.3 is 0 Å². The molecule has 0 aromatic carbocycles. The molecular weight excluding hydrogens is 246 g/mol. The molecule has 0 heterocycles. The van der Waals surface area contributed by atoms with Gasteiger partial charge in [0.25, 0.3) is 0 Å². The summed E-state index contributed by atoms with van der Waals surface area (Å²) in [6.45, 7) is 6.94.